The molecule has 18 heavy (non-hydrogen) atoms. The van der Waals surface area contributed by atoms with Crippen molar-refractivity contribution >= 4 is 5.97 Å². The summed E-state index contributed by atoms with van der Waals surface area (Å²) < 4.78 is 0. The van der Waals surface area contributed by atoms with Crippen LogP contribution in [0.2, 0.25) is 0 Å². The Labute approximate surface area is 105 Å². The van der Waals surface area contributed by atoms with Crippen LogP contribution < -0.4 is 0 Å². The molecule has 3 heteroatoms. The quantitative estimate of drug-likeness (QED) is 0.892. The highest BCUT2D eigenvalue weighted by Gasteiger charge is 2.06. The molecule has 0 unspecified atom stereocenters. The fourth-order valence-electron chi connectivity index (χ4n) is 1.82. The molecule has 0 aliphatic carbocycles. The van der Waals surface area contributed by atoms with Gasteiger partial charge in [0.15, 0.2) is 0 Å². The maximum Gasteiger partial charge on any atom is 0.335 e. The van der Waals surface area contributed by atoms with Gasteiger partial charge in [0.2, 0.25) is 0 Å². The Balaban J connectivity index is 2.32. The van der Waals surface area contributed by atoms with Gasteiger partial charge in [-0.3, -0.25) is 0 Å². The molecule has 0 saturated carbocycles. The standard InChI is InChI=1S/C15H11NO2/c16-10-14-6-2-1-5-12(14)8-11-4-3-7-13(9-11)15(17)18/h1-7,9H,8H2,(H,17,18). The zero-order valence-electron chi connectivity index (χ0n) is 9.63. The summed E-state index contributed by atoms with van der Waals surface area (Å²) in [5, 5.41) is 17.9. The summed E-state index contributed by atoms with van der Waals surface area (Å²) in [6, 6.07) is 16.2. The maximum absolute atomic E-state index is 10.9. The Morgan fingerprint density at radius 3 is 2.67 bits per heavy atom. The number of rotatable bonds is 3. The first kappa shape index (κ1) is 11.9. The highest BCUT2D eigenvalue weighted by molar-refractivity contribution is 5.87. The van der Waals surface area contributed by atoms with E-state index in [1.54, 1.807) is 24.3 Å². The summed E-state index contributed by atoms with van der Waals surface area (Å²) in [6.45, 7) is 0. The molecule has 2 aromatic rings. The van der Waals surface area contributed by atoms with Crippen molar-refractivity contribution in [2.75, 3.05) is 0 Å². The van der Waals surface area contributed by atoms with Crippen molar-refractivity contribution < 1.29 is 9.90 Å². The number of hydrogen-bond acceptors (Lipinski definition) is 2. The topological polar surface area (TPSA) is 61.1 Å². The van der Waals surface area contributed by atoms with Gasteiger partial charge in [-0.2, -0.15) is 5.26 Å². The molecular formula is C15H11NO2. The number of benzene rings is 2. The van der Waals surface area contributed by atoms with E-state index in [0.29, 0.717) is 12.0 Å². The Morgan fingerprint density at radius 2 is 1.94 bits per heavy atom. The molecule has 0 fully saturated rings. The van der Waals surface area contributed by atoms with Crippen LogP contribution in [0.5, 0.6) is 0 Å². The average Bonchev–Trinajstić information content (AvgIpc) is 2.39. The van der Waals surface area contributed by atoms with Crippen LogP contribution in [0.1, 0.15) is 27.0 Å². The maximum atomic E-state index is 10.9. The lowest BCUT2D eigenvalue weighted by Gasteiger charge is -2.05. The van der Waals surface area contributed by atoms with Crippen LogP contribution in [0.4, 0.5) is 0 Å². The number of carboxylic acid groups (broad SMARTS) is 1. The minimum atomic E-state index is -0.939. The van der Waals surface area contributed by atoms with Crippen LogP contribution in [-0.2, 0) is 6.42 Å². The normalized spacial score (nSPS) is 9.72. The summed E-state index contributed by atoms with van der Waals surface area (Å²) in [5.74, 6) is -0.939. The van der Waals surface area contributed by atoms with Crippen molar-refractivity contribution in [2.24, 2.45) is 0 Å². The first-order chi connectivity index (χ1) is 8.70. The van der Waals surface area contributed by atoms with Crippen LogP contribution >= 0.6 is 0 Å². The number of nitrogens with zero attached hydrogens (tertiary/aromatic N) is 1. The van der Waals surface area contributed by atoms with E-state index in [1.165, 1.54) is 0 Å². The molecule has 0 aliphatic rings. The Hall–Kier alpha value is -2.60. The van der Waals surface area contributed by atoms with Gasteiger partial charge >= 0.3 is 5.97 Å². The monoisotopic (exact) mass is 237 g/mol. The fraction of sp³-hybridized carbons (Fsp3) is 0.0667. The summed E-state index contributed by atoms with van der Waals surface area (Å²) in [7, 11) is 0. The lowest BCUT2D eigenvalue weighted by molar-refractivity contribution is 0.0697. The van der Waals surface area contributed by atoms with Gasteiger partial charge in [-0.25, -0.2) is 4.79 Å². The lowest BCUT2D eigenvalue weighted by Crippen LogP contribution is -1.98. The van der Waals surface area contributed by atoms with Gasteiger partial charge in [0.25, 0.3) is 0 Å². The van der Waals surface area contributed by atoms with E-state index in [0.717, 1.165) is 11.1 Å². The number of nitriles is 1. The van der Waals surface area contributed by atoms with E-state index < -0.39 is 5.97 Å². The smallest absolute Gasteiger partial charge is 0.335 e. The summed E-state index contributed by atoms with van der Waals surface area (Å²) in [4.78, 5) is 10.9. The molecule has 0 amide bonds. The van der Waals surface area contributed by atoms with Crippen LogP contribution in [-0.4, -0.2) is 11.1 Å². The molecule has 0 bridgehead atoms. The van der Waals surface area contributed by atoms with Gasteiger partial charge in [-0.05, 0) is 35.7 Å². The van der Waals surface area contributed by atoms with Crippen molar-refractivity contribution in [1.29, 1.82) is 5.26 Å². The second-order valence-electron chi connectivity index (χ2n) is 3.95. The number of carboxylic acids is 1. The van der Waals surface area contributed by atoms with E-state index in [1.807, 2.05) is 24.3 Å². The third-order valence-corrected chi connectivity index (χ3v) is 2.71. The predicted molar refractivity (Wildman–Crippen MR) is 67.4 cm³/mol. The summed E-state index contributed by atoms with van der Waals surface area (Å²) in [5.41, 5.74) is 2.68. The van der Waals surface area contributed by atoms with Gasteiger partial charge in [-0.1, -0.05) is 30.3 Å². The van der Waals surface area contributed by atoms with Gasteiger partial charge in [0.05, 0.1) is 17.2 Å². The van der Waals surface area contributed by atoms with Crippen LogP contribution in [0, 0.1) is 11.3 Å². The van der Waals surface area contributed by atoms with Crippen molar-refractivity contribution in [1.82, 2.24) is 0 Å². The minimum Gasteiger partial charge on any atom is -0.478 e. The molecule has 2 aromatic carbocycles. The molecule has 3 nitrogen and oxygen atoms in total. The molecule has 0 heterocycles. The first-order valence-corrected chi connectivity index (χ1v) is 5.51. The summed E-state index contributed by atoms with van der Waals surface area (Å²) >= 11 is 0. The van der Waals surface area contributed by atoms with E-state index in [9.17, 15) is 4.79 Å². The number of carbonyl (C=O) groups is 1. The second-order valence-corrected chi connectivity index (χ2v) is 3.95. The molecule has 0 aliphatic heterocycles. The minimum absolute atomic E-state index is 0.266. The van der Waals surface area contributed by atoms with E-state index in [2.05, 4.69) is 6.07 Å². The van der Waals surface area contributed by atoms with Crippen LogP contribution in [0.15, 0.2) is 48.5 Å². The molecule has 1 N–H and O–H groups in total. The van der Waals surface area contributed by atoms with Gasteiger partial charge in [0.1, 0.15) is 0 Å². The summed E-state index contributed by atoms with van der Waals surface area (Å²) in [6.07, 6.45) is 0.560. The van der Waals surface area contributed by atoms with E-state index in [-0.39, 0.29) is 5.56 Å². The molecule has 0 spiro atoms. The Kier molecular flexibility index (Phi) is 3.40. The van der Waals surface area contributed by atoms with Gasteiger partial charge in [-0.15, -0.1) is 0 Å². The van der Waals surface area contributed by atoms with Crippen LogP contribution in [0.25, 0.3) is 0 Å². The van der Waals surface area contributed by atoms with Crippen molar-refractivity contribution in [3.8, 4) is 6.07 Å². The molecule has 0 atom stereocenters. The third-order valence-electron chi connectivity index (χ3n) is 2.71. The lowest BCUT2D eigenvalue weighted by atomic mass is 9.99. The SMILES string of the molecule is N#Cc1ccccc1Cc1cccc(C(=O)O)c1. The number of hydrogen-bond donors (Lipinski definition) is 1. The molecular weight excluding hydrogens is 226 g/mol. The van der Waals surface area contributed by atoms with Crippen LogP contribution in [0.3, 0.4) is 0 Å². The van der Waals surface area contributed by atoms with Crippen molar-refractivity contribution in [3.05, 3.63) is 70.8 Å². The van der Waals surface area contributed by atoms with E-state index in [4.69, 9.17) is 10.4 Å². The molecule has 0 saturated heterocycles. The van der Waals surface area contributed by atoms with Crippen molar-refractivity contribution in [3.63, 3.8) is 0 Å². The largest absolute Gasteiger partial charge is 0.478 e. The number of aromatic carboxylic acids is 1. The Bertz CT molecular complexity index is 626. The predicted octanol–water partition coefficient (Wildman–Crippen LogP) is 2.85. The molecule has 88 valence electrons. The highest BCUT2D eigenvalue weighted by Crippen LogP contribution is 2.15. The molecule has 0 radical (unpaired) electrons. The highest BCUT2D eigenvalue weighted by atomic mass is 16.4. The van der Waals surface area contributed by atoms with Gasteiger partial charge < -0.3 is 5.11 Å². The molecule has 0 aromatic heterocycles. The zero-order chi connectivity index (χ0) is 13.0. The second kappa shape index (κ2) is 5.15. The van der Waals surface area contributed by atoms with Crippen molar-refractivity contribution in [2.45, 2.75) is 6.42 Å². The first-order valence-electron chi connectivity index (χ1n) is 5.51. The zero-order valence-corrected chi connectivity index (χ0v) is 9.63. The van der Waals surface area contributed by atoms with Gasteiger partial charge in [0, 0.05) is 0 Å². The molecule has 2 rings (SSSR count). The third kappa shape index (κ3) is 2.55. The fourth-order valence-corrected chi connectivity index (χ4v) is 1.82. The van der Waals surface area contributed by atoms with E-state index >= 15 is 0 Å². The average molecular weight is 237 g/mol. The Morgan fingerprint density at radius 1 is 1.17 bits per heavy atom.